The zero-order valence-corrected chi connectivity index (χ0v) is 8.31. The van der Waals surface area contributed by atoms with E-state index >= 15 is 0 Å². The van der Waals surface area contributed by atoms with Crippen molar-refractivity contribution in [2.75, 3.05) is 19.5 Å². The molecule has 0 amide bonds. The molecule has 0 spiro atoms. The number of benzene rings is 1. The van der Waals surface area contributed by atoms with Crippen molar-refractivity contribution in [3.8, 4) is 0 Å². The van der Waals surface area contributed by atoms with E-state index in [1.807, 2.05) is 0 Å². The second-order valence-corrected chi connectivity index (χ2v) is 2.73. The van der Waals surface area contributed by atoms with Crippen LogP contribution in [0, 0.1) is 10.1 Å². The van der Waals surface area contributed by atoms with Crippen LogP contribution < -0.4 is 5.32 Å². The number of hydrogen-bond donors (Lipinski definition) is 1. The molecule has 0 aliphatic rings. The van der Waals surface area contributed by atoms with E-state index in [2.05, 4.69) is 10.1 Å². The lowest BCUT2D eigenvalue weighted by atomic mass is 10.1. The highest BCUT2D eigenvalue weighted by Gasteiger charge is 2.16. The number of nitro groups is 1. The lowest BCUT2D eigenvalue weighted by molar-refractivity contribution is -0.384. The molecular formula is C9H10N2O4. The van der Waals surface area contributed by atoms with Crippen molar-refractivity contribution in [3.05, 3.63) is 33.9 Å². The van der Waals surface area contributed by atoms with Gasteiger partial charge in [-0.25, -0.2) is 4.79 Å². The molecule has 0 saturated carbocycles. The van der Waals surface area contributed by atoms with Crippen LogP contribution >= 0.6 is 0 Å². The van der Waals surface area contributed by atoms with Crippen molar-refractivity contribution in [2.45, 2.75) is 0 Å². The second kappa shape index (κ2) is 4.41. The van der Waals surface area contributed by atoms with Crippen molar-refractivity contribution in [1.29, 1.82) is 0 Å². The van der Waals surface area contributed by atoms with E-state index in [9.17, 15) is 14.9 Å². The average molecular weight is 210 g/mol. The van der Waals surface area contributed by atoms with Gasteiger partial charge in [0.25, 0.3) is 5.69 Å². The molecule has 0 fully saturated rings. The Morgan fingerprint density at radius 3 is 2.67 bits per heavy atom. The second-order valence-electron chi connectivity index (χ2n) is 2.73. The van der Waals surface area contributed by atoms with Gasteiger partial charge in [0, 0.05) is 24.9 Å². The largest absolute Gasteiger partial charge is 0.465 e. The smallest absolute Gasteiger partial charge is 0.340 e. The summed E-state index contributed by atoms with van der Waals surface area (Å²) >= 11 is 0. The number of nitrogens with zero attached hydrogens (tertiary/aromatic N) is 1. The predicted molar refractivity (Wildman–Crippen MR) is 54.0 cm³/mol. The van der Waals surface area contributed by atoms with Gasteiger partial charge in [0.15, 0.2) is 0 Å². The van der Waals surface area contributed by atoms with Gasteiger partial charge in [-0.3, -0.25) is 10.1 Å². The highest BCUT2D eigenvalue weighted by Crippen LogP contribution is 2.22. The molecule has 1 aromatic rings. The fourth-order valence-electron chi connectivity index (χ4n) is 1.14. The normalized spacial score (nSPS) is 9.47. The van der Waals surface area contributed by atoms with Crippen LogP contribution in [0.2, 0.25) is 0 Å². The van der Waals surface area contributed by atoms with E-state index in [0.717, 1.165) is 0 Å². The third-order valence-electron chi connectivity index (χ3n) is 1.89. The van der Waals surface area contributed by atoms with Gasteiger partial charge in [0.05, 0.1) is 17.6 Å². The number of carbonyl (C=O) groups is 1. The number of ether oxygens (including phenoxy) is 1. The maximum atomic E-state index is 11.3. The van der Waals surface area contributed by atoms with Crippen LogP contribution in [-0.4, -0.2) is 25.1 Å². The number of nitro benzene ring substituents is 1. The minimum Gasteiger partial charge on any atom is -0.465 e. The lowest BCUT2D eigenvalue weighted by Gasteiger charge is -2.06. The predicted octanol–water partition coefficient (Wildman–Crippen LogP) is 1.42. The molecule has 0 aromatic heterocycles. The van der Waals surface area contributed by atoms with Gasteiger partial charge in [0.2, 0.25) is 0 Å². The highest BCUT2D eigenvalue weighted by atomic mass is 16.6. The number of non-ortho nitro benzene ring substituents is 1. The molecule has 0 aliphatic heterocycles. The maximum Gasteiger partial charge on any atom is 0.340 e. The van der Waals surface area contributed by atoms with Gasteiger partial charge in [-0.2, -0.15) is 0 Å². The zero-order chi connectivity index (χ0) is 11.4. The minimum absolute atomic E-state index is 0.144. The molecular weight excluding hydrogens is 200 g/mol. The summed E-state index contributed by atoms with van der Waals surface area (Å²) < 4.78 is 4.51. The monoisotopic (exact) mass is 210 g/mol. The Morgan fingerprint density at radius 1 is 1.53 bits per heavy atom. The van der Waals surface area contributed by atoms with Crippen LogP contribution in [0.3, 0.4) is 0 Å². The topological polar surface area (TPSA) is 81.5 Å². The molecule has 1 aromatic carbocycles. The third-order valence-corrected chi connectivity index (χ3v) is 1.89. The van der Waals surface area contributed by atoms with E-state index in [1.54, 1.807) is 7.05 Å². The van der Waals surface area contributed by atoms with E-state index in [1.165, 1.54) is 25.3 Å². The first kappa shape index (κ1) is 11.0. The molecule has 0 saturated heterocycles. The number of hydrogen-bond acceptors (Lipinski definition) is 5. The zero-order valence-electron chi connectivity index (χ0n) is 8.31. The molecule has 0 aliphatic carbocycles. The van der Waals surface area contributed by atoms with E-state index in [0.29, 0.717) is 5.69 Å². The summed E-state index contributed by atoms with van der Waals surface area (Å²) in [5.41, 5.74) is 0.496. The summed E-state index contributed by atoms with van der Waals surface area (Å²) in [4.78, 5) is 21.2. The summed E-state index contributed by atoms with van der Waals surface area (Å²) in [5.74, 6) is -0.608. The minimum atomic E-state index is -0.608. The molecule has 0 bridgehead atoms. The van der Waals surface area contributed by atoms with Crippen molar-refractivity contribution in [2.24, 2.45) is 0 Å². The van der Waals surface area contributed by atoms with Gasteiger partial charge in [-0.05, 0) is 6.07 Å². The molecule has 1 rings (SSSR count). The fraction of sp³-hybridized carbons (Fsp3) is 0.222. The third kappa shape index (κ3) is 2.22. The van der Waals surface area contributed by atoms with E-state index in [4.69, 9.17) is 0 Å². The van der Waals surface area contributed by atoms with Crippen molar-refractivity contribution in [1.82, 2.24) is 0 Å². The number of rotatable bonds is 3. The summed E-state index contributed by atoms with van der Waals surface area (Å²) in [6.07, 6.45) is 0. The van der Waals surface area contributed by atoms with Crippen LogP contribution in [0.25, 0.3) is 0 Å². The van der Waals surface area contributed by atoms with E-state index < -0.39 is 10.9 Å². The molecule has 6 heteroatoms. The SMILES string of the molecule is CNc1ccc([N+](=O)[O-])cc1C(=O)OC. The average Bonchev–Trinajstić information content (AvgIpc) is 2.27. The molecule has 0 unspecified atom stereocenters. The maximum absolute atomic E-state index is 11.3. The van der Waals surface area contributed by atoms with Crippen molar-refractivity contribution < 1.29 is 14.5 Å². The Kier molecular flexibility index (Phi) is 3.22. The number of nitrogens with one attached hydrogen (secondary N) is 1. The summed E-state index contributed by atoms with van der Waals surface area (Å²) in [5, 5.41) is 13.3. The van der Waals surface area contributed by atoms with Crippen LogP contribution in [0.4, 0.5) is 11.4 Å². The molecule has 6 nitrogen and oxygen atoms in total. The Bertz CT molecular complexity index is 403. The summed E-state index contributed by atoms with van der Waals surface area (Å²) in [7, 11) is 2.84. The first-order chi connectivity index (χ1) is 7.10. The Morgan fingerprint density at radius 2 is 2.20 bits per heavy atom. The van der Waals surface area contributed by atoms with Gasteiger partial charge in [-0.15, -0.1) is 0 Å². The molecule has 80 valence electrons. The van der Waals surface area contributed by atoms with Gasteiger partial charge in [0.1, 0.15) is 0 Å². The van der Waals surface area contributed by atoms with Gasteiger partial charge >= 0.3 is 5.97 Å². The van der Waals surface area contributed by atoms with Gasteiger partial charge < -0.3 is 10.1 Å². The van der Waals surface area contributed by atoms with Crippen molar-refractivity contribution in [3.63, 3.8) is 0 Å². The summed E-state index contributed by atoms with van der Waals surface area (Å²) in [6.45, 7) is 0. The van der Waals surface area contributed by atoms with Crippen molar-refractivity contribution >= 4 is 17.3 Å². The quantitative estimate of drug-likeness (QED) is 0.463. The Labute approximate surface area is 86.0 Å². The number of carbonyl (C=O) groups excluding carboxylic acids is 1. The molecule has 0 atom stereocenters. The molecule has 0 heterocycles. The highest BCUT2D eigenvalue weighted by molar-refractivity contribution is 5.96. The first-order valence-corrected chi connectivity index (χ1v) is 4.14. The van der Waals surface area contributed by atoms with Crippen LogP contribution in [0.15, 0.2) is 18.2 Å². The number of anilines is 1. The summed E-state index contributed by atoms with van der Waals surface area (Å²) in [6, 6.07) is 3.96. The Hall–Kier alpha value is -2.11. The number of esters is 1. The standard InChI is InChI=1S/C9H10N2O4/c1-10-8-4-3-6(11(13)14)5-7(8)9(12)15-2/h3-5,10H,1-2H3. The van der Waals surface area contributed by atoms with Gasteiger partial charge in [-0.1, -0.05) is 0 Å². The van der Waals surface area contributed by atoms with E-state index in [-0.39, 0.29) is 11.3 Å². The molecule has 0 radical (unpaired) electrons. The molecule has 1 N–H and O–H groups in total. The lowest BCUT2D eigenvalue weighted by Crippen LogP contribution is -2.06. The fourth-order valence-corrected chi connectivity index (χ4v) is 1.14. The molecule has 15 heavy (non-hydrogen) atoms. The van der Waals surface area contributed by atoms with Crippen LogP contribution in [-0.2, 0) is 4.74 Å². The van der Waals surface area contributed by atoms with Crippen LogP contribution in [0.5, 0.6) is 0 Å². The Balaban J connectivity index is 3.25. The number of methoxy groups -OCH3 is 1. The first-order valence-electron chi connectivity index (χ1n) is 4.14. The van der Waals surface area contributed by atoms with Crippen LogP contribution in [0.1, 0.15) is 10.4 Å².